The molecule has 0 atom stereocenters. The molecular formula is C7H6INS. The van der Waals surface area contributed by atoms with E-state index in [0.717, 1.165) is 0 Å². The summed E-state index contributed by atoms with van der Waals surface area (Å²) in [5.74, 6) is 0. The Kier molecular flexibility index (Phi) is 2.62. The van der Waals surface area contributed by atoms with Gasteiger partial charge in [-0.3, -0.25) is 0 Å². The summed E-state index contributed by atoms with van der Waals surface area (Å²) in [5.41, 5.74) is 3.22. The second-order valence-electron chi connectivity index (χ2n) is 1.88. The zero-order valence-corrected chi connectivity index (χ0v) is 8.15. The summed E-state index contributed by atoms with van der Waals surface area (Å²) in [6.45, 7) is 0. The molecule has 1 aromatic heterocycles. The number of halogens is 1. The van der Waals surface area contributed by atoms with Crippen LogP contribution in [0.2, 0.25) is 0 Å². The van der Waals surface area contributed by atoms with E-state index in [0.29, 0.717) is 0 Å². The number of benzene rings is 1. The van der Waals surface area contributed by atoms with Crippen molar-refractivity contribution < 1.29 is 29.0 Å². The Bertz CT molecular complexity index is 288. The average Bonchev–Trinajstić information content (AvgIpc) is 2.33. The number of nitrogens with one attached hydrogen (secondary N) is 1. The summed E-state index contributed by atoms with van der Waals surface area (Å²) < 4.78 is 1.32. The molecule has 0 aliphatic rings. The zero-order chi connectivity index (χ0) is 6.10. The van der Waals surface area contributed by atoms with Gasteiger partial charge in [0.15, 0.2) is 0 Å². The van der Waals surface area contributed by atoms with Crippen LogP contribution in [-0.2, 0) is 0 Å². The first kappa shape index (κ1) is 7.94. The molecular weight excluding hydrogens is 257 g/mol. The molecule has 0 aliphatic heterocycles. The molecule has 2 rings (SSSR count). The van der Waals surface area contributed by atoms with Crippen molar-refractivity contribution in [3.63, 3.8) is 0 Å². The third-order valence-corrected chi connectivity index (χ3v) is 2.13. The van der Waals surface area contributed by atoms with Gasteiger partial charge in [-0.15, -0.1) is 0 Å². The van der Waals surface area contributed by atoms with Gasteiger partial charge < -0.3 is 24.0 Å². The first-order valence-electron chi connectivity index (χ1n) is 2.81. The Balaban J connectivity index is 0.000000500. The maximum atomic E-state index is 3.14. The Hall–Kier alpha value is -0.160. The molecule has 0 fully saturated rings. The summed E-state index contributed by atoms with van der Waals surface area (Å²) in [5, 5.41) is 0. The predicted octanol–water partition coefficient (Wildman–Crippen LogP) is -1.28. The highest BCUT2D eigenvalue weighted by Crippen LogP contribution is 2.12. The molecule has 0 aliphatic carbocycles. The van der Waals surface area contributed by atoms with Crippen LogP contribution in [0.4, 0.5) is 0 Å². The van der Waals surface area contributed by atoms with Gasteiger partial charge in [0.1, 0.15) is 4.70 Å². The maximum Gasteiger partial charge on any atom is 0.224 e. The highest BCUT2D eigenvalue weighted by Gasteiger charge is 1.96. The molecule has 0 radical (unpaired) electrons. The average molecular weight is 263 g/mol. The molecule has 0 spiro atoms. The summed E-state index contributed by atoms with van der Waals surface area (Å²) in [6.07, 6.45) is 0. The van der Waals surface area contributed by atoms with Crippen molar-refractivity contribution in [1.29, 1.82) is 0 Å². The summed E-state index contributed by atoms with van der Waals surface area (Å²) in [6, 6.07) is 8.26. The maximum absolute atomic E-state index is 3.14. The molecule has 1 nitrogen and oxygen atoms in total. The molecule has 1 aromatic carbocycles. The normalized spacial score (nSPS) is 9.20. The standard InChI is InChI=1S/C7H5NS.HI/c1-2-4-7-6(3-1)8-5-9-7;/h1-5H;1H. The number of thiazole rings is 1. The minimum absolute atomic E-state index is 0. The first-order valence-corrected chi connectivity index (χ1v) is 3.69. The number of rotatable bonds is 0. The van der Waals surface area contributed by atoms with Crippen molar-refractivity contribution in [3.05, 3.63) is 29.8 Å². The van der Waals surface area contributed by atoms with Gasteiger partial charge in [0.2, 0.25) is 11.0 Å². The fourth-order valence-electron chi connectivity index (χ4n) is 0.845. The molecule has 0 unspecified atom stereocenters. The molecule has 3 heteroatoms. The third kappa shape index (κ3) is 1.29. The Morgan fingerprint density at radius 2 is 2.00 bits per heavy atom. The Morgan fingerprint density at radius 1 is 1.20 bits per heavy atom. The molecule has 0 saturated carbocycles. The van der Waals surface area contributed by atoms with E-state index in [1.54, 1.807) is 11.3 Å². The number of fused-ring (bicyclic) bond motifs is 1. The van der Waals surface area contributed by atoms with E-state index >= 15 is 0 Å². The van der Waals surface area contributed by atoms with Gasteiger partial charge >= 0.3 is 0 Å². The molecule has 0 saturated heterocycles. The van der Waals surface area contributed by atoms with Gasteiger partial charge in [-0.05, 0) is 6.07 Å². The van der Waals surface area contributed by atoms with E-state index in [1.165, 1.54) is 10.2 Å². The van der Waals surface area contributed by atoms with Crippen LogP contribution in [-0.4, -0.2) is 0 Å². The monoisotopic (exact) mass is 263 g/mol. The molecule has 52 valence electrons. The van der Waals surface area contributed by atoms with Crippen LogP contribution in [0.3, 0.4) is 0 Å². The molecule has 10 heavy (non-hydrogen) atoms. The van der Waals surface area contributed by atoms with Crippen LogP contribution in [0.15, 0.2) is 29.8 Å². The summed E-state index contributed by atoms with van der Waals surface area (Å²) >= 11 is 1.73. The molecule has 2 aromatic rings. The lowest BCUT2D eigenvalue weighted by Gasteiger charge is -1.75. The molecule has 0 amide bonds. The van der Waals surface area contributed by atoms with E-state index in [9.17, 15) is 0 Å². The largest absolute Gasteiger partial charge is 1.00 e. The smallest absolute Gasteiger partial charge is 0.224 e. The van der Waals surface area contributed by atoms with Crippen molar-refractivity contribution in [2.45, 2.75) is 0 Å². The predicted molar refractivity (Wildman–Crippen MR) is 38.4 cm³/mol. The topological polar surface area (TPSA) is 14.1 Å². The van der Waals surface area contributed by atoms with E-state index < -0.39 is 0 Å². The summed E-state index contributed by atoms with van der Waals surface area (Å²) in [7, 11) is 0. The Labute approximate surface area is 80.1 Å². The molecule has 0 bridgehead atoms. The lowest BCUT2D eigenvalue weighted by molar-refractivity contribution is -0.338. The molecule has 1 N–H and O–H groups in total. The van der Waals surface area contributed by atoms with Crippen molar-refractivity contribution >= 4 is 21.6 Å². The van der Waals surface area contributed by atoms with Gasteiger partial charge in [-0.25, -0.2) is 4.98 Å². The first-order chi connectivity index (χ1) is 4.47. The van der Waals surface area contributed by atoms with Crippen LogP contribution in [0.1, 0.15) is 0 Å². The van der Waals surface area contributed by atoms with Crippen LogP contribution in [0.5, 0.6) is 0 Å². The Morgan fingerprint density at radius 3 is 2.80 bits per heavy atom. The second kappa shape index (κ2) is 3.30. The van der Waals surface area contributed by atoms with Crippen molar-refractivity contribution in [2.24, 2.45) is 0 Å². The van der Waals surface area contributed by atoms with Crippen LogP contribution >= 0.6 is 11.3 Å². The lowest BCUT2D eigenvalue weighted by Crippen LogP contribution is -3.00. The lowest BCUT2D eigenvalue weighted by atomic mass is 10.3. The van der Waals surface area contributed by atoms with E-state index in [2.05, 4.69) is 17.1 Å². The minimum atomic E-state index is 0. The van der Waals surface area contributed by atoms with Crippen LogP contribution < -0.4 is 29.0 Å². The number of para-hydroxylation sites is 1. The summed E-state index contributed by atoms with van der Waals surface area (Å²) in [4.78, 5) is 3.14. The van der Waals surface area contributed by atoms with Gasteiger partial charge in [0, 0.05) is 6.07 Å². The highest BCUT2D eigenvalue weighted by atomic mass is 127. The van der Waals surface area contributed by atoms with E-state index in [1.807, 2.05) is 17.6 Å². The number of H-pyrrole nitrogens is 1. The molecule has 1 heterocycles. The number of hydrogen-bond acceptors (Lipinski definition) is 1. The van der Waals surface area contributed by atoms with Crippen LogP contribution in [0, 0.1) is 0 Å². The van der Waals surface area contributed by atoms with Crippen LogP contribution in [0.25, 0.3) is 10.2 Å². The van der Waals surface area contributed by atoms with Gasteiger partial charge in [0.25, 0.3) is 0 Å². The van der Waals surface area contributed by atoms with E-state index in [-0.39, 0.29) is 24.0 Å². The van der Waals surface area contributed by atoms with Gasteiger partial charge in [0.05, 0.1) is 0 Å². The zero-order valence-electron chi connectivity index (χ0n) is 5.17. The number of hydrogen-bond donors (Lipinski definition) is 0. The fourth-order valence-corrected chi connectivity index (χ4v) is 1.57. The highest BCUT2D eigenvalue weighted by molar-refractivity contribution is 7.16. The van der Waals surface area contributed by atoms with Crippen molar-refractivity contribution in [3.8, 4) is 0 Å². The SMILES string of the molecule is [I-].c1ccc2sc[nH+]c2c1. The van der Waals surface area contributed by atoms with Gasteiger partial charge in [-0.2, -0.15) is 0 Å². The second-order valence-corrected chi connectivity index (χ2v) is 2.79. The van der Waals surface area contributed by atoms with Crippen molar-refractivity contribution in [1.82, 2.24) is 0 Å². The number of aromatic nitrogens is 1. The quantitative estimate of drug-likeness (QED) is 0.526. The minimum Gasteiger partial charge on any atom is -1.00 e. The van der Waals surface area contributed by atoms with Crippen molar-refractivity contribution in [2.75, 3.05) is 0 Å². The van der Waals surface area contributed by atoms with Gasteiger partial charge in [-0.1, -0.05) is 23.5 Å². The third-order valence-electron chi connectivity index (χ3n) is 1.29. The number of aromatic amines is 1. The fraction of sp³-hybridized carbons (Fsp3) is 0. The van der Waals surface area contributed by atoms with E-state index in [4.69, 9.17) is 0 Å².